The second-order valence-electron chi connectivity index (χ2n) is 22.4. The SMILES string of the molecule is CCCCCCC=CCCCCCCCC(=O)NC[C@H](O)[C@H](O)[C@H](O)CC[C@@H](C)[C@H]1CC[C@@]2(C)[C@@H]1CC[C@]1(C)[C@@H]2CC[C@@H]2[C@@]3(C)CCCC(C)(C)[C@@H]3CC[C@]21C. The molecule has 4 N–H and O–H groups in total. The van der Waals surface area contributed by atoms with Gasteiger partial charge in [0.2, 0.25) is 5.91 Å². The van der Waals surface area contributed by atoms with E-state index in [2.05, 4.69) is 72.9 Å². The Morgan fingerprint density at radius 3 is 1.95 bits per heavy atom. The fraction of sp³-hybridized carbons (Fsp3) is 0.941. The van der Waals surface area contributed by atoms with Gasteiger partial charge in [-0.2, -0.15) is 0 Å². The molecular weight excluding hydrogens is 691 g/mol. The predicted molar refractivity (Wildman–Crippen MR) is 234 cm³/mol. The van der Waals surface area contributed by atoms with Gasteiger partial charge in [0.15, 0.2) is 0 Å². The van der Waals surface area contributed by atoms with Gasteiger partial charge in [-0.3, -0.25) is 4.79 Å². The summed E-state index contributed by atoms with van der Waals surface area (Å²) in [5.41, 5.74) is 2.19. The van der Waals surface area contributed by atoms with Crippen LogP contribution in [-0.2, 0) is 4.79 Å². The minimum Gasteiger partial charge on any atom is -0.390 e. The highest BCUT2D eigenvalue weighted by Crippen LogP contribution is 2.78. The van der Waals surface area contributed by atoms with Gasteiger partial charge >= 0.3 is 0 Å². The molecule has 5 aliphatic carbocycles. The first-order valence-corrected chi connectivity index (χ1v) is 24.5. The third-order valence-electron chi connectivity index (χ3n) is 18.9. The number of hydrogen-bond acceptors (Lipinski definition) is 4. The van der Waals surface area contributed by atoms with Crippen molar-refractivity contribution in [3.05, 3.63) is 12.2 Å². The van der Waals surface area contributed by atoms with E-state index < -0.39 is 18.3 Å². The molecule has 0 aliphatic heterocycles. The summed E-state index contributed by atoms with van der Waals surface area (Å²) in [6, 6.07) is 0. The molecule has 56 heavy (non-hydrogen) atoms. The predicted octanol–water partition coefficient (Wildman–Crippen LogP) is 12.4. The summed E-state index contributed by atoms with van der Waals surface area (Å²) in [7, 11) is 0. The Balaban J connectivity index is 1.01. The molecule has 0 aromatic carbocycles. The van der Waals surface area contributed by atoms with Crippen molar-refractivity contribution >= 4 is 5.91 Å². The van der Waals surface area contributed by atoms with Gasteiger partial charge in [-0.25, -0.2) is 0 Å². The molecule has 324 valence electrons. The number of nitrogens with one attached hydrogen (secondary N) is 1. The fourth-order valence-electron chi connectivity index (χ4n) is 15.5. The zero-order valence-corrected chi connectivity index (χ0v) is 38.0. The number of aliphatic hydroxyl groups is 3. The largest absolute Gasteiger partial charge is 0.390 e. The third kappa shape index (κ3) is 9.66. The normalized spacial score (nSPS) is 38.5. The van der Waals surface area contributed by atoms with Crippen LogP contribution in [0, 0.1) is 62.6 Å². The van der Waals surface area contributed by atoms with Gasteiger partial charge in [-0.05, 0) is 172 Å². The number of carbonyl (C=O) groups excluding carboxylic acids is 1. The first kappa shape index (κ1) is 46.2. The van der Waals surface area contributed by atoms with Gasteiger partial charge in [0, 0.05) is 13.0 Å². The Morgan fingerprint density at radius 1 is 0.661 bits per heavy atom. The van der Waals surface area contributed by atoms with E-state index in [9.17, 15) is 20.1 Å². The maximum Gasteiger partial charge on any atom is 0.220 e. The van der Waals surface area contributed by atoms with Gasteiger partial charge in [-0.15, -0.1) is 0 Å². The minimum absolute atomic E-state index is 0.0159. The molecule has 5 aliphatic rings. The smallest absolute Gasteiger partial charge is 0.220 e. The van der Waals surface area contributed by atoms with E-state index >= 15 is 0 Å². The van der Waals surface area contributed by atoms with E-state index in [1.807, 2.05) is 0 Å². The molecule has 5 heteroatoms. The summed E-state index contributed by atoms with van der Waals surface area (Å²) >= 11 is 0. The van der Waals surface area contributed by atoms with E-state index in [1.54, 1.807) is 0 Å². The summed E-state index contributed by atoms with van der Waals surface area (Å²) in [5.74, 6) is 4.32. The maximum atomic E-state index is 12.5. The maximum absolute atomic E-state index is 12.5. The molecule has 5 fully saturated rings. The topological polar surface area (TPSA) is 89.8 Å². The van der Waals surface area contributed by atoms with Crippen LogP contribution in [0.15, 0.2) is 12.2 Å². The number of carbonyl (C=O) groups is 1. The molecule has 13 atom stereocenters. The first-order chi connectivity index (χ1) is 26.5. The summed E-state index contributed by atoms with van der Waals surface area (Å²) < 4.78 is 0. The molecule has 5 rings (SSSR count). The fourth-order valence-corrected chi connectivity index (χ4v) is 15.5. The Kier molecular flexibility index (Phi) is 16.2. The van der Waals surface area contributed by atoms with Crippen molar-refractivity contribution in [1.29, 1.82) is 0 Å². The van der Waals surface area contributed by atoms with Gasteiger partial charge in [0.25, 0.3) is 0 Å². The van der Waals surface area contributed by atoms with Crippen LogP contribution in [0.1, 0.15) is 216 Å². The van der Waals surface area contributed by atoms with Crippen LogP contribution in [0.5, 0.6) is 0 Å². The minimum atomic E-state index is -1.25. The zero-order chi connectivity index (χ0) is 40.8. The number of aliphatic hydroxyl groups excluding tert-OH is 3. The standard InChI is InChI=1S/C51H91NO4/c1-9-10-11-12-13-14-15-16-17-18-19-20-21-23-45(55)52-36-41(54)46(56)40(53)25-24-37(2)38-28-33-48(5)39(38)29-34-50(7)43(48)26-27-44-49(6)32-22-31-47(3,4)42(49)30-35-51(44,50)8/h14-15,37-44,46,53-54,56H,9-13,16-36H2,1-8H3,(H,52,55)/t37-,38-,39-,40-,41+,42+,43-,44-,46-,48+,49+,50-,51-/m1/s1. The van der Waals surface area contributed by atoms with Crippen molar-refractivity contribution in [3.63, 3.8) is 0 Å². The van der Waals surface area contributed by atoms with Crippen LogP contribution in [-0.4, -0.2) is 46.1 Å². The highest BCUT2D eigenvalue weighted by molar-refractivity contribution is 5.75. The molecule has 0 saturated heterocycles. The van der Waals surface area contributed by atoms with E-state index in [-0.39, 0.29) is 12.5 Å². The monoisotopic (exact) mass is 782 g/mol. The molecule has 0 heterocycles. The highest BCUT2D eigenvalue weighted by atomic mass is 16.4. The van der Waals surface area contributed by atoms with Gasteiger partial charge in [0.1, 0.15) is 6.10 Å². The lowest BCUT2D eigenvalue weighted by atomic mass is 9.32. The summed E-state index contributed by atoms with van der Waals surface area (Å²) in [4.78, 5) is 12.5. The second kappa shape index (κ2) is 19.6. The Bertz CT molecular complexity index is 1260. The summed E-state index contributed by atoms with van der Waals surface area (Å²) in [6.45, 7) is 20.7. The van der Waals surface area contributed by atoms with E-state index in [1.165, 1.54) is 116 Å². The lowest BCUT2D eigenvalue weighted by Crippen LogP contribution is -2.65. The molecule has 1 amide bonds. The van der Waals surface area contributed by atoms with Crippen LogP contribution in [0.25, 0.3) is 0 Å². The summed E-state index contributed by atoms with van der Waals surface area (Å²) in [5, 5.41) is 35.3. The molecular formula is C51H91NO4. The lowest BCUT2D eigenvalue weighted by molar-refractivity contribution is -0.241. The molecule has 0 aromatic heterocycles. The average molecular weight is 782 g/mol. The first-order valence-electron chi connectivity index (χ1n) is 24.5. The molecule has 5 nitrogen and oxygen atoms in total. The van der Waals surface area contributed by atoms with Crippen molar-refractivity contribution in [3.8, 4) is 0 Å². The number of allylic oxidation sites excluding steroid dienone is 2. The van der Waals surface area contributed by atoms with Crippen molar-refractivity contribution < 1.29 is 20.1 Å². The van der Waals surface area contributed by atoms with Crippen LogP contribution in [0.4, 0.5) is 0 Å². The van der Waals surface area contributed by atoms with Gasteiger partial charge < -0.3 is 20.6 Å². The highest BCUT2D eigenvalue weighted by Gasteiger charge is 2.70. The molecule has 0 bridgehead atoms. The van der Waals surface area contributed by atoms with Crippen LogP contribution >= 0.6 is 0 Å². The van der Waals surface area contributed by atoms with Gasteiger partial charge in [-0.1, -0.05) is 112 Å². The number of rotatable bonds is 21. The number of fused-ring (bicyclic) bond motifs is 7. The van der Waals surface area contributed by atoms with Crippen molar-refractivity contribution in [1.82, 2.24) is 5.32 Å². The van der Waals surface area contributed by atoms with Crippen molar-refractivity contribution in [2.75, 3.05) is 6.54 Å². The van der Waals surface area contributed by atoms with E-state index in [4.69, 9.17) is 0 Å². The van der Waals surface area contributed by atoms with Crippen LogP contribution in [0.2, 0.25) is 0 Å². The quantitative estimate of drug-likeness (QED) is 0.0690. The molecule has 0 unspecified atom stereocenters. The van der Waals surface area contributed by atoms with Crippen LogP contribution in [0.3, 0.4) is 0 Å². The molecule has 0 spiro atoms. The van der Waals surface area contributed by atoms with E-state index in [0.717, 1.165) is 55.8 Å². The Labute approximate surface area is 345 Å². The van der Waals surface area contributed by atoms with Crippen molar-refractivity contribution in [2.45, 2.75) is 234 Å². The lowest BCUT2D eigenvalue weighted by Gasteiger charge is -2.73. The third-order valence-corrected chi connectivity index (χ3v) is 18.9. The van der Waals surface area contributed by atoms with E-state index in [0.29, 0.717) is 51.8 Å². The van der Waals surface area contributed by atoms with Crippen LogP contribution < -0.4 is 5.32 Å². The summed E-state index contributed by atoms with van der Waals surface area (Å²) in [6.07, 6.45) is 31.4. The average Bonchev–Trinajstić information content (AvgIpc) is 3.51. The number of unbranched alkanes of at least 4 members (excludes halogenated alkanes) is 9. The zero-order valence-electron chi connectivity index (χ0n) is 38.0. The molecule has 0 aromatic rings. The van der Waals surface area contributed by atoms with Crippen molar-refractivity contribution in [2.24, 2.45) is 62.6 Å². The Morgan fingerprint density at radius 2 is 1.27 bits per heavy atom. The number of hydrogen-bond donors (Lipinski definition) is 4. The van der Waals surface area contributed by atoms with Gasteiger partial charge in [0.05, 0.1) is 12.2 Å². The molecule has 0 radical (unpaired) electrons. The number of amides is 1. The molecule has 5 saturated carbocycles. The second-order valence-corrected chi connectivity index (χ2v) is 22.4. The Hall–Kier alpha value is -0.910.